The van der Waals surface area contributed by atoms with Gasteiger partial charge >= 0.3 is 21.8 Å². The molecule has 0 spiro atoms. The van der Waals surface area contributed by atoms with Crippen LogP contribution in [0.5, 0.6) is 5.88 Å². The highest BCUT2D eigenvalue weighted by Gasteiger charge is 2.49. The molecule has 142 valence electrons. The van der Waals surface area contributed by atoms with E-state index in [1.165, 1.54) is 0 Å². The first kappa shape index (κ1) is 20.2. The molecule has 0 aliphatic rings. The van der Waals surface area contributed by atoms with E-state index in [9.17, 15) is 39.6 Å². The average molecular weight is 419 g/mol. The second kappa shape index (κ2) is 6.54. The molecule has 0 bridgehead atoms. The van der Waals surface area contributed by atoms with Crippen LogP contribution in [0.3, 0.4) is 0 Å². The molecular formula is C13H7F6NO4S2. The lowest BCUT2D eigenvalue weighted by Gasteiger charge is -2.07. The second-order valence-electron chi connectivity index (χ2n) is 4.77. The third-order valence-electron chi connectivity index (χ3n) is 2.85. The molecule has 0 N–H and O–H groups in total. The van der Waals surface area contributed by atoms with Crippen molar-refractivity contribution in [3.8, 4) is 16.5 Å². The van der Waals surface area contributed by atoms with Crippen LogP contribution in [0.15, 0.2) is 24.3 Å². The first-order valence-electron chi connectivity index (χ1n) is 6.42. The second-order valence-corrected chi connectivity index (χ2v) is 7.30. The molecule has 0 aliphatic carbocycles. The Morgan fingerprint density at radius 2 is 1.62 bits per heavy atom. The predicted molar refractivity (Wildman–Crippen MR) is 78.2 cm³/mol. The van der Waals surface area contributed by atoms with Gasteiger partial charge in [-0.05, 0) is 12.1 Å². The highest BCUT2D eigenvalue weighted by molar-refractivity contribution is 7.88. The van der Waals surface area contributed by atoms with E-state index >= 15 is 0 Å². The molecule has 2 rings (SSSR count). The Labute approximate surface area is 146 Å². The van der Waals surface area contributed by atoms with Gasteiger partial charge in [0.25, 0.3) is 5.88 Å². The van der Waals surface area contributed by atoms with Crippen molar-refractivity contribution in [1.82, 2.24) is 4.98 Å². The Hall–Kier alpha value is -2.15. The zero-order chi connectivity index (χ0) is 19.9. The van der Waals surface area contributed by atoms with Crippen molar-refractivity contribution >= 4 is 27.2 Å². The Morgan fingerprint density at radius 3 is 2.04 bits per heavy atom. The number of halogens is 6. The molecule has 0 saturated heterocycles. The van der Waals surface area contributed by atoms with Gasteiger partial charge in [-0.15, -0.1) is 11.3 Å². The smallest absolute Gasteiger partial charge is 0.353 e. The number of hydrogen-bond acceptors (Lipinski definition) is 6. The van der Waals surface area contributed by atoms with E-state index in [0.29, 0.717) is 23.5 Å². The Bertz CT molecular complexity index is 929. The summed E-state index contributed by atoms with van der Waals surface area (Å²) in [5.41, 5.74) is -6.68. The molecule has 1 aromatic heterocycles. The van der Waals surface area contributed by atoms with Gasteiger partial charge in [0.2, 0.25) is 0 Å². The lowest BCUT2D eigenvalue weighted by Crippen LogP contribution is -2.28. The molecule has 0 atom stereocenters. The molecule has 0 saturated carbocycles. The number of alkyl halides is 6. The number of thiazole rings is 1. The molecule has 0 amide bonds. The Kier molecular flexibility index (Phi) is 5.07. The highest BCUT2D eigenvalue weighted by atomic mass is 32.2. The maximum Gasteiger partial charge on any atom is 0.534 e. The molecule has 26 heavy (non-hydrogen) atoms. The van der Waals surface area contributed by atoms with Crippen molar-refractivity contribution in [3.63, 3.8) is 0 Å². The number of aromatic nitrogens is 1. The topological polar surface area (TPSA) is 73.3 Å². The van der Waals surface area contributed by atoms with E-state index in [4.69, 9.17) is 0 Å². The van der Waals surface area contributed by atoms with Gasteiger partial charge in [-0.25, -0.2) is 0 Å². The van der Waals surface area contributed by atoms with E-state index in [0.717, 1.165) is 19.1 Å². The maximum absolute atomic E-state index is 12.5. The number of nitrogens with zero attached hydrogens (tertiary/aromatic N) is 1. The van der Waals surface area contributed by atoms with Crippen LogP contribution in [-0.4, -0.2) is 24.7 Å². The number of rotatable bonds is 4. The van der Waals surface area contributed by atoms with Crippen LogP contribution in [0.4, 0.5) is 26.3 Å². The summed E-state index contributed by atoms with van der Waals surface area (Å²) >= 11 is 0.487. The SMILES string of the molecule is CC(=O)c1sc(-c2ccc(C(F)(F)F)cc2)nc1OS(=O)(=O)C(F)(F)F. The molecular weight excluding hydrogens is 412 g/mol. The quantitative estimate of drug-likeness (QED) is 0.321. The molecule has 5 nitrogen and oxygen atoms in total. The van der Waals surface area contributed by atoms with Crippen LogP contribution in [0, 0.1) is 0 Å². The van der Waals surface area contributed by atoms with E-state index in [1.807, 2.05) is 0 Å². The third kappa shape index (κ3) is 4.15. The fourth-order valence-electron chi connectivity index (χ4n) is 1.66. The molecule has 0 aliphatic heterocycles. The van der Waals surface area contributed by atoms with Crippen molar-refractivity contribution in [1.29, 1.82) is 0 Å². The number of Topliss-reactive ketones (excluding diaryl/α,β-unsaturated/α-hetero) is 1. The monoisotopic (exact) mass is 419 g/mol. The summed E-state index contributed by atoms with van der Waals surface area (Å²) in [4.78, 5) is 14.5. The first-order valence-corrected chi connectivity index (χ1v) is 8.65. The summed E-state index contributed by atoms with van der Waals surface area (Å²) in [6.45, 7) is 0.942. The summed E-state index contributed by atoms with van der Waals surface area (Å²) in [6.07, 6.45) is -4.60. The van der Waals surface area contributed by atoms with Gasteiger partial charge in [0.15, 0.2) is 5.78 Å². The van der Waals surface area contributed by atoms with Crippen LogP contribution in [0.25, 0.3) is 10.6 Å². The summed E-state index contributed by atoms with van der Waals surface area (Å²) in [5, 5.41) is -0.184. The van der Waals surface area contributed by atoms with Crippen molar-refractivity contribution in [2.24, 2.45) is 0 Å². The van der Waals surface area contributed by atoms with Gasteiger partial charge in [0.05, 0.1) is 5.56 Å². The van der Waals surface area contributed by atoms with Gasteiger partial charge in [-0.1, -0.05) is 12.1 Å². The molecule has 0 radical (unpaired) electrons. The molecule has 2 aromatic rings. The van der Waals surface area contributed by atoms with Gasteiger partial charge in [0.1, 0.15) is 9.88 Å². The van der Waals surface area contributed by atoms with E-state index in [-0.39, 0.29) is 10.6 Å². The fraction of sp³-hybridized carbons (Fsp3) is 0.231. The predicted octanol–water partition coefficient (Wildman–Crippen LogP) is 4.26. The summed E-state index contributed by atoms with van der Waals surface area (Å²) in [6, 6.07) is 3.37. The standard InChI is InChI=1S/C13H7F6NO4S2/c1-6(21)9-10(24-26(22,23)13(17,18)19)20-11(25-9)7-2-4-8(5-3-7)12(14,15)16/h2-5H,1H3. The zero-order valence-electron chi connectivity index (χ0n) is 12.5. The zero-order valence-corrected chi connectivity index (χ0v) is 14.1. The van der Waals surface area contributed by atoms with Crippen molar-refractivity contribution in [3.05, 3.63) is 34.7 Å². The number of benzene rings is 1. The number of ketones is 1. The average Bonchev–Trinajstić information content (AvgIpc) is 2.88. The normalized spacial score (nSPS) is 12.9. The van der Waals surface area contributed by atoms with Gasteiger partial charge in [-0.2, -0.15) is 39.7 Å². The van der Waals surface area contributed by atoms with Crippen LogP contribution < -0.4 is 4.18 Å². The van der Waals surface area contributed by atoms with Crippen LogP contribution in [-0.2, 0) is 16.3 Å². The Balaban J connectivity index is 2.46. The fourth-order valence-corrected chi connectivity index (χ4v) is 3.03. The molecule has 0 fully saturated rings. The van der Waals surface area contributed by atoms with Crippen molar-refractivity contribution in [2.45, 2.75) is 18.6 Å². The number of carbonyl (C=O) groups excluding carboxylic acids is 1. The van der Waals surface area contributed by atoms with Gasteiger partial charge < -0.3 is 4.18 Å². The first-order chi connectivity index (χ1) is 11.7. The third-order valence-corrected chi connectivity index (χ3v) is 4.98. The number of carbonyl (C=O) groups is 1. The van der Waals surface area contributed by atoms with Crippen LogP contribution in [0.1, 0.15) is 22.2 Å². The molecule has 1 aromatic carbocycles. The van der Waals surface area contributed by atoms with Crippen LogP contribution >= 0.6 is 11.3 Å². The lowest BCUT2D eigenvalue weighted by atomic mass is 10.1. The summed E-state index contributed by atoms with van der Waals surface area (Å²) in [7, 11) is -6.06. The molecule has 0 unspecified atom stereocenters. The highest BCUT2D eigenvalue weighted by Crippen LogP contribution is 2.37. The largest absolute Gasteiger partial charge is 0.534 e. The maximum atomic E-state index is 12.5. The Morgan fingerprint density at radius 1 is 1.08 bits per heavy atom. The number of hydrogen-bond donors (Lipinski definition) is 0. The van der Waals surface area contributed by atoms with Crippen molar-refractivity contribution in [2.75, 3.05) is 0 Å². The van der Waals surface area contributed by atoms with Crippen molar-refractivity contribution < 1.29 is 43.7 Å². The minimum atomic E-state index is -6.06. The van der Waals surface area contributed by atoms with E-state index in [2.05, 4.69) is 9.17 Å². The minimum Gasteiger partial charge on any atom is -0.353 e. The minimum absolute atomic E-state index is 0.0322. The van der Waals surface area contributed by atoms with Crippen LogP contribution in [0.2, 0.25) is 0 Å². The molecule has 1 heterocycles. The molecule has 13 heteroatoms. The summed E-state index contributed by atoms with van der Waals surface area (Å²) < 4.78 is 101. The van der Waals surface area contributed by atoms with Gasteiger partial charge in [0, 0.05) is 12.5 Å². The van der Waals surface area contributed by atoms with Gasteiger partial charge in [-0.3, -0.25) is 4.79 Å². The van der Waals surface area contributed by atoms with E-state index < -0.39 is 43.9 Å². The summed E-state index contributed by atoms with van der Waals surface area (Å²) in [5.74, 6) is -1.91. The lowest BCUT2D eigenvalue weighted by molar-refractivity contribution is -0.137. The van der Waals surface area contributed by atoms with E-state index in [1.54, 1.807) is 0 Å².